The highest BCUT2D eigenvalue weighted by atomic mass is 16.5. The molecule has 0 amide bonds. The molecule has 0 aromatic heterocycles. The summed E-state index contributed by atoms with van der Waals surface area (Å²) in [7, 11) is 0. The Labute approximate surface area is 102 Å². The minimum Gasteiger partial charge on any atom is -0.487 e. The molecule has 1 aromatic rings. The van der Waals surface area contributed by atoms with Gasteiger partial charge < -0.3 is 14.9 Å². The third-order valence-corrected chi connectivity index (χ3v) is 3.33. The van der Waals surface area contributed by atoms with Gasteiger partial charge >= 0.3 is 0 Å². The van der Waals surface area contributed by atoms with E-state index in [-0.39, 0.29) is 18.8 Å². The summed E-state index contributed by atoms with van der Waals surface area (Å²) in [6.07, 6.45) is 3.36. The van der Waals surface area contributed by atoms with E-state index in [0.29, 0.717) is 5.75 Å². The van der Waals surface area contributed by atoms with Crippen molar-refractivity contribution in [2.24, 2.45) is 0 Å². The van der Waals surface area contributed by atoms with Crippen LogP contribution in [0.25, 0.3) is 0 Å². The van der Waals surface area contributed by atoms with Crippen LogP contribution in [0.3, 0.4) is 0 Å². The lowest BCUT2D eigenvalue weighted by Crippen LogP contribution is -2.34. The van der Waals surface area contributed by atoms with Gasteiger partial charge in [-0.1, -0.05) is 24.1 Å². The van der Waals surface area contributed by atoms with E-state index in [1.165, 1.54) is 0 Å². The third kappa shape index (κ3) is 2.99. The Balaban J connectivity index is 2.11. The number of aryl methyl sites for hydroxylation is 1. The minimum atomic E-state index is -0.378. The SMILES string of the molecule is Cc1ccc(OC2CCCCC2O)c(CO)c1. The van der Waals surface area contributed by atoms with E-state index in [4.69, 9.17) is 4.74 Å². The minimum absolute atomic E-state index is 0.0279. The van der Waals surface area contributed by atoms with Crippen LogP contribution in [-0.2, 0) is 6.61 Å². The number of aliphatic hydroxyl groups excluding tert-OH is 2. The second kappa shape index (κ2) is 5.52. The summed E-state index contributed by atoms with van der Waals surface area (Å²) >= 11 is 0. The topological polar surface area (TPSA) is 49.7 Å². The molecule has 2 rings (SSSR count). The molecule has 1 aromatic carbocycles. The number of hydrogen-bond donors (Lipinski definition) is 2. The first-order chi connectivity index (χ1) is 8.20. The summed E-state index contributed by atoms with van der Waals surface area (Å²) in [6.45, 7) is 1.96. The highest BCUT2D eigenvalue weighted by Gasteiger charge is 2.25. The first-order valence-electron chi connectivity index (χ1n) is 6.26. The maximum absolute atomic E-state index is 9.86. The molecule has 0 bridgehead atoms. The number of hydrogen-bond acceptors (Lipinski definition) is 3. The van der Waals surface area contributed by atoms with Crippen molar-refractivity contribution in [1.82, 2.24) is 0 Å². The van der Waals surface area contributed by atoms with Crippen molar-refractivity contribution in [2.45, 2.75) is 51.4 Å². The van der Waals surface area contributed by atoms with Crippen molar-refractivity contribution < 1.29 is 14.9 Å². The maximum Gasteiger partial charge on any atom is 0.125 e. The molecule has 0 saturated heterocycles. The first kappa shape index (κ1) is 12.4. The van der Waals surface area contributed by atoms with E-state index in [2.05, 4.69) is 0 Å². The lowest BCUT2D eigenvalue weighted by molar-refractivity contribution is 0.00586. The fourth-order valence-corrected chi connectivity index (χ4v) is 2.32. The van der Waals surface area contributed by atoms with E-state index in [1.54, 1.807) is 0 Å². The molecule has 94 valence electrons. The predicted octanol–water partition coefficient (Wildman–Crippen LogP) is 2.17. The number of benzene rings is 1. The molecule has 2 atom stereocenters. The fraction of sp³-hybridized carbons (Fsp3) is 0.571. The van der Waals surface area contributed by atoms with E-state index < -0.39 is 0 Å². The van der Waals surface area contributed by atoms with Crippen LogP contribution in [0.15, 0.2) is 18.2 Å². The van der Waals surface area contributed by atoms with Crippen LogP contribution in [0.1, 0.15) is 36.8 Å². The predicted molar refractivity (Wildman–Crippen MR) is 66.0 cm³/mol. The zero-order valence-electron chi connectivity index (χ0n) is 10.2. The molecule has 1 aliphatic carbocycles. The Kier molecular flexibility index (Phi) is 4.02. The molecule has 1 saturated carbocycles. The zero-order chi connectivity index (χ0) is 12.3. The summed E-state index contributed by atoms with van der Waals surface area (Å²) in [5.74, 6) is 0.698. The molecule has 1 fully saturated rings. The maximum atomic E-state index is 9.86. The van der Waals surface area contributed by atoms with Crippen LogP contribution in [0, 0.1) is 6.92 Å². The normalized spacial score (nSPS) is 24.6. The van der Waals surface area contributed by atoms with Gasteiger partial charge in [-0.15, -0.1) is 0 Å². The molecule has 17 heavy (non-hydrogen) atoms. The largest absolute Gasteiger partial charge is 0.487 e. The van der Waals surface area contributed by atoms with Crippen molar-refractivity contribution in [1.29, 1.82) is 0 Å². The Morgan fingerprint density at radius 2 is 2.06 bits per heavy atom. The van der Waals surface area contributed by atoms with Crippen LogP contribution >= 0.6 is 0 Å². The van der Waals surface area contributed by atoms with Gasteiger partial charge in [-0.2, -0.15) is 0 Å². The second-order valence-corrected chi connectivity index (χ2v) is 4.78. The molecule has 3 heteroatoms. The van der Waals surface area contributed by atoms with Gasteiger partial charge in [-0.05, 0) is 32.3 Å². The summed E-state index contributed by atoms with van der Waals surface area (Å²) < 4.78 is 5.83. The van der Waals surface area contributed by atoms with E-state index in [1.807, 2.05) is 25.1 Å². The standard InChI is InChI=1S/C14H20O3/c1-10-6-7-13(11(8-10)9-15)17-14-5-3-2-4-12(14)16/h6-8,12,14-16H,2-5,9H2,1H3. The molecule has 0 spiro atoms. The number of rotatable bonds is 3. The van der Waals surface area contributed by atoms with Gasteiger partial charge in [-0.3, -0.25) is 0 Å². The van der Waals surface area contributed by atoms with Crippen molar-refractivity contribution in [2.75, 3.05) is 0 Å². The molecular weight excluding hydrogens is 216 g/mol. The molecule has 0 heterocycles. The van der Waals surface area contributed by atoms with Crippen LogP contribution in [0.4, 0.5) is 0 Å². The van der Waals surface area contributed by atoms with Crippen molar-refractivity contribution in [3.63, 3.8) is 0 Å². The Morgan fingerprint density at radius 3 is 2.76 bits per heavy atom. The summed E-state index contributed by atoms with van der Waals surface area (Å²) in [5.41, 5.74) is 1.90. The highest BCUT2D eigenvalue weighted by molar-refractivity contribution is 5.36. The monoisotopic (exact) mass is 236 g/mol. The summed E-state index contributed by atoms with van der Waals surface area (Å²) in [5, 5.41) is 19.2. The van der Waals surface area contributed by atoms with Gasteiger partial charge in [-0.25, -0.2) is 0 Å². The molecule has 0 aliphatic heterocycles. The van der Waals surface area contributed by atoms with Gasteiger partial charge in [0.25, 0.3) is 0 Å². The van der Waals surface area contributed by atoms with E-state index >= 15 is 0 Å². The quantitative estimate of drug-likeness (QED) is 0.845. The third-order valence-electron chi connectivity index (χ3n) is 3.33. The van der Waals surface area contributed by atoms with Crippen LogP contribution in [0.2, 0.25) is 0 Å². The van der Waals surface area contributed by atoms with Crippen LogP contribution < -0.4 is 4.74 Å². The van der Waals surface area contributed by atoms with Gasteiger partial charge in [0.1, 0.15) is 11.9 Å². The molecule has 2 N–H and O–H groups in total. The van der Waals surface area contributed by atoms with Crippen molar-refractivity contribution in [3.05, 3.63) is 29.3 Å². The first-order valence-corrected chi connectivity index (χ1v) is 6.26. The van der Waals surface area contributed by atoms with Gasteiger partial charge in [0.2, 0.25) is 0 Å². The molecular formula is C14H20O3. The Morgan fingerprint density at radius 1 is 1.29 bits per heavy atom. The molecule has 2 unspecified atom stereocenters. The number of aliphatic hydroxyl groups is 2. The Bertz CT molecular complexity index is 376. The number of ether oxygens (including phenoxy) is 1. The lowest BCUT2D eigenvalue weighted by Gasteiger charge is -2.29. The van der Waals surface area contributed by atoms with Gasteiger partial charge in [0, 0.05) is 5.56 Å². The summed E-state index contributed by atoms with van der Waals surface area (Å²) in [6, 6.07) is 5.76. The Hall–Kier alpha value is -1.06. The van der Waals surface area contributed by atoms with Gasteiger partial charge in [0.05, 0.1) is 12.7 Å². The fourth-order valence-electron chi connectivity index (χ4n) is 2.32. The molecule has 3 nitrogen and oxygen atoms in total. The highest BCUT2D eigenvalue weighted by Crippen LogP contribution is 2.27. The second-order valence-electron chi connectivity index (χ2n) is 4.78. The zero-order valence-corrected chi connectivity index (χ0v) is 10.2. The summed E-state index contributed by atoms with van der Waals surface area (Å²) in [4.78, 5) is 0. The average molecular weight is 236 g/mol. The molecule has 1 aliphatic rings. The van der Waals surface area contributed by atoms with E-state index in [0.717, 1.165) is 36.8 Å². The van der Waals surface area contributed by atoms with E-state index in [9.17, 15) is 10.2 Å². The van der Waals surface area contributed by atoms with Gasteiger partial charge in [0.15, 0.2) is 0 Å². The average Bonchev–Trinajstić information content (AvgIpc) is 2.34. The van der Waals surface area contributed by atoms with Crippen molar-refractivity contribution >= 4 is 0 Å². The molecule has 0 radical (unpaired) electrons. The lowest BCUT2D eigenvalue weighted by atomic mass is 9.94. The smallest absolute Gasteiger partial charge is 0.125 e. The van der Waals surface area contributed by atoms with Crippen LogP contribution in [0.5, 0.6) is 5.75 Å². The van der Waals surface area contributed by atoms with Crippen molar-refractivity contribution in [3.8, 4) is 5.75 Å². The van der Waals surface area contributed by atoms with Crippen LogP contribution in [-0.4, -0.2) is 22.4 Å².